The molecule has 0 amide bonds. The molecule has 0 aliphatic carbocycles. The van der Waals surface area contributed by atoms with Crippen molar-refractivity contribution in [1.29, 1.82) is 0 Å². The molecule has 0 aliphatic heterocycles. The summed E-state index contributed by atoms with van der Waals surface area (Å²) < 4.78 is 4.68. The lowest BCUT2D eigenvalue weighted by Crippen LogP contribution is -2.39. The topological polar surface area (TPSA) is 38.3 Å². The number of esters is 1. The second kappa shape index (κ2) is 7.12. The molecule has 0 heterocycles. The minimum Gasteiger partial charge on any atom is -0.469 e. The van der Waals surface area contributed by atoms with Crippen LogP contribution >= 0.6 is 11.8 Å². The van der Waals surface area contributed by atoms with E-state index in [2.05, 4.69) is 23.2 Å². The van der Waals surface area contributed by atoms with Crippen molar-refractivity contribution in [3.8, 4) is 0 Å². The Morgan fingerprint density at radius 2 is 2.00 bits per heavy atom. The fraction of sp³-hybridized carbons (Fsp3) is 0.900. The van der Waals surface area contributed by atoms with Gasteiger partial charge in [0.2, 0.25) is 0 Å². The van der Waals surface area contributed by atoms with E-state index >= 15 is 0 Å². The predicted molar refractivity (Wildman–Crippen MR) is 61.6 cm³/mol. The van der Waals surface area contributed by atoms with E-state index in [-0.39, 0.29) is 17.9 Å². The van der Waals surface area contributed by atoms with E-state index in [0.717, 1.165) is 6.54 Å². The summed E-state index contributed by atoms with van der Waals surface area (Å²) in [6.07, 6.45) is 2.08. The largest absolute Gasteiger partial charge is 0.469 e. The van der Waals surface area contributed by atoms with Crippen molar-refractivity contribution in [3.05, 3.63) is 0 Å². The number of nitrogens with one attached hydrogen (secondary N) is 1. The molecule has 0 saturated heterocycles. The van der Waals surface area contributed by atoms with Crippen molar-refractivity contribution in [1.82, 2.24) is 5.32 Å². The molecule has 3 unspecified atom stereocenters. The Kier molecular flexibility index (Phi) is 7.01. The standard InChI is InChI=1S/C10H21NO2S/c1-7(14-5)6-11-9(3)8(2)10(12)13-4/h7-9,11H,6H2,1-5H3. The summed E-state index contributed by atoms with van der Waals surface area (Å²) in [4.78, 5) is 11.2. The third-order valence-corrected chi connectivity index (χ3v) is 3.42. The van der Waals surface area contributed by atoms with Crippen molar-refractivity contribution in [3.63, 3.8) is 0 Å². The van der Waals surface area contributed by atoms with Gasteiger partial charge in [-0.15, -0.1) is 0 Å². The number of ether oxygens (including phenoxy) is 1. The summed E-state index contributed by atoms with van der Waals surface area (Å²) >= 11 is 1.81. The first-order chi connectivity index (χ1) is 6.52. The lowest BCUT2D eigenvalue weighted by Gasteiger charge is -2.20. The Morgan fingerprint density at radius 1 is 1.43 bits per heavy atom. The van der Waals surface area contributed by atoms with Gasteiger partial charge in [0.25, 0.3) is 0 Å². The van der Waals surface area contributed by atoms with Crippen molar-refractivity contribution < 1.29 is 9.53 Å². The minimum absolute atomic E-state index is 0.0888. The Hall–Kier alpha value is -0.220. The second-order valence-electron chi connectivity index (χ2n) is 3.56. The summed E-state index contributed by atoms with van der Waals surface area (Å²) in [6.45, 7) is 6.97. The average Bonchev–Trinajstić information content (AvgIpc) is 2.22. The van der Waals surface area contributed by atoms with E-state index in [0.29, 0.717) is 5.25 Å². The Bertz CT molecular complexity index is 176. The number of rotatable bonds is 6. The second-order valence-corrected chi connectivity index (χ2v) is 4.83. The lowest BCUT2D eigenvalue weighted by molar-refractivity contribution is -0.145. The van der Waals surface area contributed by atoms with Gasteiger partial charge in [-0.1, -0.05) is 13.8 Å². The maximum absolute atomic E-state index is 11.2. The number of hydrogen-bond donors (Lipinski definition) is 1. The van der Waals surface area contributed by atoms with E-state index in [1.165, 1.54) is 7.11 Å². The zero-order valence-corrected chi connectivity index (χ0v) is 10.5. The van der Waals surface area contributed by atoms with Gasteiger partial charge in [-0.3, -0.25) is 4.79 Å². The number of carbonyl (C=O) groups is 1. The van der Waals surface area contributed by atoms with Crippen molar-refractivity contribution in [2.45, 2.75) is 32.1 Å². The van der Waals surface area contributed by atoms with Gasteiger partial charge in [-0.25, -0.2) is 0 Å². The average molecular weight is 219 g/mol. The highest BCUT2D eigenvalue weighted by Gasteiger charge is 2.20. The molecule has 0 spiro atoms. The zero-order valence-electron chi connectivity index (χ0n) is 9.66. The summed E-state index contributed by atoms with van der Waals surface area (Å²) in [5.74, 6) is -0.240. The van der Waals surface area contributed by atoms with Crippen LogP contribution in [0.25, 0.3) is 0 Å². The number of thioether (sulfide) groups is 1. The van der Waals surface area contributed by atoms with Crippen LogP contribution in [0.1, 0.15) is 20.8 Å². The highest BCUT2D eigenvalue weighted by Crippen LogP contribution is 2.07. The normalized spacial score (nSPS) is 17.2. The number of carbonyl (C=O) groups excluding carboxylic acids is 1. The summed E-state index contributed by atoms with van der Waals surface area (Å²) in [7, 11) is 1.43. The molecule has 1 N–H and O–H groups in total. The van der Waals surface area contributed by atoms with Crippen LogP contribution in [-0.4, -0.2) is 37.2 Å². The summed E-state index contributed by atoms with van der Waals surface area (Å²) in [5, 5.41) is 3.90. The summed E-state index contributed by atoms with van der Waals surface area (Å²) in [5.41, 5.74) is 0. The molecule has 0 rings (SSSR count). The Balaban J connectivity index is 3.83. The van der Waals surface area contributed by atoms with Gasteiger partial charge in [0.05, 0.1) is 13.0 Å². The van der Waals surface area contributed by atoms with Crippen LogP contribution in [0, 0.1) is 5.92 Å². The Morgan fingerprint density at radius 3 is 2.43 bits per heavy atom. The molecule has 84 valence electrons. The van der Waals surface area contributed by atoms with Crippen molar-refractivity contribution >= 4 is 17.7 Å². The number of hydrogen-bond acceptors (Lipinski definition) is 4. The molecule has 0 aromatic heterocycles. The molecule has 0 fully saturated rings. The van der Waals surface area contributed by atoms with Crippen LogP contribution in [0.4, 0.5) is 0 Å². The fourth-order valence-electron chi connectivity index (χ4n) is 1.00. The van der Waals surface area contributed by atoms with Gasteiger partial charge in [0.1, 0.15) is 0 Å². The third kappa shape index (κ3) is 4.86. The van der Waals surface area contributed by atoms with Crippen LogP contribution < -0.4 is 5.32 Å². The highest BCUT2D eigenvalue weighted by molar-refractivity contribution is 7.99. The van der Waals surface area contributed by atoms with Gasteiger partial charge in [0.15, 0.2) is 0 Å². The van der Waals surface area contributed by atoms with Gasteiger partial charge in [-0.2, -0.15) is 11.8 Å². The quantitative estimate of drug-likeness (QED) is 0.688. The Labute approximate surface area is 91.0 Å². The van der Waals surface area contributed by atoms with Gasteiger partial charge < -0.3 is 10.1 Å². The SMILES string of the molecule is COC(=O)C(C)C(C)NCC(C)SC. The molecule has 0 aromatic rings. The van der Waals surface area contributed by atoms with Crippen molar-refractivity contribution in [2.75, 3.05) is 19.9 Å². The zero-order chi connectivity index (χ0) is 11.1. The lowest BCUT2D eigenvalue weighted by atomic mass is 10.0. The predicted octanol–water partition coefficient (Wildman–Crippen LogP) is 1.53. The van der Waals surface area contributed by atoms with E-state index in [1.807, 2.05) is 25.6 Å². The van der Waals surface area contributed by atoms with Gasteiger partial charge >= 0.3 is 5.97 Å². The maximum atomic E-state index is 11.2. The fourth-order valence-corrected chi connectivity index (χ4v) is 1.26. The smallest absolute Gasteiger partial charge is 0.309 e. The first kappa shape index (κ1) is 13.8. The van der Waals surface area contributed by atoms with Crippen LogP contribution in [0.2, 0.25) is 0 Å². The van der Waals surface area contributed by atoms with Crippen LogP contribution in [0.15, 0.2) is 0 Å². The molecular weight excluding hydrogens is 198 g/mol. The van der Waals surface area contributed by atoms with Crippen LogP contribution in [0.5, 0.6) is 0 Å². The van der Waals surface area contributed by atoms with Gasteiger partial charge in [-0.05, 0) is 13.2 Å². The molecule has 14 heavy (non-hydrogen) atoms. The van der Waals surface area contributed by atoms with Crippen LogP contribution in [0.3, 0.4) is 0 Å². The van der Waals surface area contributed by atoms with Crippen molar-refractivity contribution in [2.24, 2.45) is 5.92 Å². The molecule has 3 atom stereocenters. The first-order valence-electron chi connectivity index (χ1n) is 4.86. The molecule has 3 nitrogen and oxygen atoms in total. The molecule has 4 heteroatoms. The molecule has 0 aliphatic rings. The molecular formula is C10H21NO2S. The third-order valence-electron chi connectivity index (χ3n) is 2.45. The number of methoxy groups -OCH3 is 1. The van der Waals surface area contributed by atoms with Crippen LogP contribution in [-0.2, 0) is 9.53 Å². The minimum atomic E-state index is -0.151. The molecule has 0 saturated carbocycles. The van der Waals surface area contributed by atoms with E-state index in [4.69, 9.17) is 0 Å². The molecule has 0 radical (unpaired) electrons. The van der Waals surface area contributed by atoms with E-state index in [9.17, 15) is 4.79 Å². The van der Waals surface area contributed by atoms with E-state index in [1.54, 1.807) is 0 Å². The molecule has 0 aromatic carbocycles. The maximum Gasteiger partial charge on any atom is 0.309 e. The monoisotopic (exact) mass is 219 g/mol. The summed E-state index contributed by atoms with van der Waals surface area (Å²) in [6, 6.07) is 0.164. The highest BCUT2D eigenvalue weighted by atomic mass is 32.2. The van der Waals surface area contributed by atoms with Gasteiger partial charge in [0, 0.05) is 17.8 Å². The first-order valence-corrected chi connectivity index (χ1v) is 6.15. The molecule has 0 bridgehead atoms. The van der Waals surface area contributed by atoms with E-state index < -0.39 is 0 Å².